The summed E-state index contributed by atoms with van der Waals surface area (Å²) in [5.74, 6) is 0.696. The molecule has 0 radical (unpaired) electrons. The summed E-state index contributed by atoms with van der Waals surface area (Å²) in [6.45, 7) is 16.8. The molecule has 25 heavy (non-hydrogen) atoms. The molecule has 0 aliphatic carbocycles. The maximum atomic E-state index is 13.1. The summed E-state index contributed by atoms with van der Waals surface area (Å²) < 4.78 is 25.3. The number of sulfonamides is 1. The van der Waals surface area contributed by atoms with Crippen molar-refractivity contribution in [2.45, 2.75) is 86.6 Å². The molecule has 0 saturated heterocycles. The van der Waals surface area contributed by atoms with Crippen LogP contribution in [-0.4, -0.2) is 37.3 Å². The highest BCUT2D eigenvalue weighted by atomic mass is 32.2. The Bertz CT molecular complexity index is 535. The Morgan fingerprint density at radius 1 is 1.04 bits per heavy atom. The fourth-order valence-electron chi connectivity index (χ4n) is 3.40. The average Bonchev–Trinajstić information content (AvgIpc) is 2.43. The van der Waals surface area contributed by atoms with Gasteiger partial charge in [0.1, 0.15) is 5.78 Å². The Labute approximate surface area is 156 Å². The van der Waals surface area contributed by atoms with Gasteiger partial charge in [-0.25, -0.2) is 8.42 Å². The van der Waals surface area contributed by atoms with Crippen LogP contribution in [0.2, 0.25) is 0 Å². The van der Waals surface area contributed by atoms with Gasteiger partial charge in [-0.15, -0.1) is 0 Å². The fourth-order valence-corrected chi connectivity index (χ4v) is 4.37. The summed E-state index contributed by atoms with van der Waals surface area (Å²) in [4.78, 5) is 13.1. The van der Waals surface area contributed by atoms with Crippen molar-refractivity contribution in [2.24, 2.45) is 23.2 Å². The summed E-state index contributed by atoms with van der Waals surface area (Å²) in [6, 6.07) is 0. The van der Waals surface area contributed by atoms with Crippen LogP contribution < -0.4 is 0 Å². The molecule has 150 valence electrons. The molecule has 0 heterocycles. The normalized spacial score (nSPS) is 16.3. The third-order valence-corrected chi connectivity index (χ3v) is 7.51. The molecule has 0 aliphatic heterocycles. The van der Waals surface area contributed by atoms with Gasteiger partial charge in [-0.1, -0.05) is 48.0 Å². The van der Waals surface area contributed by atoms with Crippen LogP contribution in [0.3, 0.4) is 0 Å². The van der Waals surface area contributed by atoms with Gasteiger partial charge in [0.15, 0.2) is 0 Å². The van der Waals surface area contributed by atoms with Gasteiger partial charge in [0, 0.05) is 24.4 Å². The molecule has 0 aromatic carbocycles. The van der Waals surface area contributed by atoms with Crippen molar-refractivity contribution in [3.8, 4) is 0 Å². The minimum absolute atomic E-state index is 0.00621. The quantitative estimate of drug-likeness (QED) is 0.524. The Hall–Kier alpha value is -0.420. The first-order valence-electron chi connectivity index (χ1n) is 9.54. The highest BCUT2D eigenvalue weighted by molar-refractivity contribution is 7.88. The maximum absolute atomic E-state index is 13.1. The molecule has 0 aromatic rings. The molecule has 0 spiro atoms. The lowest BCUT2D eigenvalue weighted by atomic mass is 9.71. The van der Waals surface area contributed by atoms with Crippen LogP contribution >= 0.6 is 0 Å². The molecule has 5 heteroatoms. The molecule has 2 unspecified atom stereocenters. The van der Waals surface area contributed by atoms with E-state index in [1.165, 1.54) is 10.6 Å². The van der Waals surface area contributed by atoms with Crippen molar-refractivity contribution in [2.75, 3.05) is 13.3 Å². The van der Waals surface area contributed by atoms with Crippen LogP contribution in [0.15, 0.2) is 0 Å². The third-order valence-electron chi connectivity index (χ3n) is 6.02. The first-order valence-corrected chi connectivity index (χ1v) is 11.4. The molecular weight excluding hydrogens is 334 g/mol. The highest BCUT2D eigenvalue weighted by Gasteiger charge is 2.37. The van der Waals surface area contributed by atoms with E-state index >= 15 is 0 Å². The van der Waals surface area contributed by atoms with Gasteiger partial charge in [-0.2, -0.15) is 4.31 Å². The Balaban J connectivity index is 5.31. The van der Waals surface area contributed by atoms with Gasteiger partial charge in [-0.3, -0.25) is 4.79 Å². The van der Waals surface area contributed by atoms with Gasteiger partial charge in [0.2, 0.25) is 10.0 Å². The molecule has 0 fully saturated rings. The SMILES string of the molecule is CCCC(CC(C)(C)N(C)S(C)(=O)=O)C(=O)C(C)CC(C)(C)C(C)C. The second-order valence-electron chi connectivity index (χ2n) is 9.38. The van der Waals surface area contributed by atoms with Crippen LogP contribution in [0.4, 0.5) is 0 Å². The molecule has 4 nitrogen and oxygen atoms in total. The highest BCUT2D eigenvalue weighted by Crippen LogP contribution is 2.36. The van der Waals surface area contributed by atoms with E-state index in [9.17, 15) is 13.2 Å². The van der Waals surface area contributed by atoms with Crippen LogP contribution in [0.1, 0.15) is 81.1 Å². The van der Waals surface area contributed by atoms with Crippen molar-refractivity contribution in [1.82, 2.24) is 4.31 Å². The number of hydrogen-bond donors (Lipinski definition) is 0. The number of rotatable bonds is 11. The number of Topliss-reactive ketones (excluding diaryl/α,β-unsaturated/α-hetero) is 1. The van der Waals surface area contributed by atoms with Crippen molar-refractivity contribution in [3.05, 3.63) is 0 Å². The zero-order valence-corrected chi connectivity index (χ0v) is 19.0. The van der Waals surface area contributed by atoms with Gasteiger partial charge < -0.3 is 0 Å². The lowest BCUT2D eigenvalue weighted by Crippen LogP contribution is -2.47. The largest absolute Gasteiger partial charge is 0.299 e. The maximum Gasteiger partial charge on any atom is 0.211 e. The van der Waals surface area contributed by atoms with E-state index < -0.39 is 15.6 Å². The topological polar surface area (TPSA) is 54.5 Å². The minimum Gasteiger partial charge on any atom is -0.299 e. The lowest BCUT2D eigenvalue weighted by molar-refractivity contribution is -0.128. The number of ketones is 1. The first-order chi connectivity index (χ1) is 11.1. The Kier molecular flexibility index (Phi) is 8.83. The number of hydrogen-bond acceptors (Lipinski definition) is 3. The number of carbonyl (C=O) groups excluding carboxylic acids is 1. The fraction of sp³-hybridized carbons (Fsp3) is 0.950. The average molecular weight is 376 g/mol. The predicted molar refractivity (Wildman–Crippen MR) is 107 cm³/mol. The van der Waals surface area contributed by atoms with Gasteiger partial charge in [0.25, 0.3) is 0 Å². The van der Waals surface area contributed by atoms with Crippen LogP contribution in [0, 0.1) is 23.2 Å². The van der Waals surface area contributed by atoms with E-state index in [0.717, 1.165) is 19.3 Å². The molecule has 0 saturated carbocycles. The summed E-state index contributed by atoms with van der Waals surface area (Å²) in [5, 5.41) is 0. The van der Waals surface area contributed by atoms with E-state index in [-0.39, 0.29) is 23.0 Å². The zero-order chi connectivity index (χ0) is 20.2. The van der Waals surface area contributed by atoms with E-state index in [0.29, 0.717) is 12.3 Å². The molecule has 0 bridgehead atoms. The zero-order valence-electron chi connectivity index (χ0n) is 18.1. The van der Waals surface area contributed by atoms with Gasteiger partial charge in [-0.05, 0) is 44.4 Å². The monoisotopic (exact) mass is 375 g/mol. The minimum atomic E-state index is -3.29. The smallest absolute Gasteiger partial charge is 0.211 e. The second-order valence-corrected chi connectivity index (χ2v) is 11.4. The molecule has 0 rings (SSSR count). The molecule has 2 atom stereocenters. The van der Waals surface area contributed by atoms with Crippen molar-refractivity contribution in [1.29, 1.82) is 0 Å². The number of carbonyl (C=O) groups is 1. The lowest BCUT2D eigenvalue weighted by Gasteiger charge is -2.38. The van der Waals surface area contributed by atoms with Crippen LogP contribution in [0.25, 0.3) is 0 Å². The van der Waals surface area contributed by atoms with E-state index in [1.807, 2.05) is 20.8 Å². The van der Waals surface area contributed by atoms with Crippen LogP contribution in [0.5, 0.6) is 0 Å². The van der Waals surface area contributed by atoms with Gasteiger partial charge >= 0.3 is 0 Å². The number of nitrogens with zero attached hydrogens (tertiary/aromatic N) is 1. The third kappa shape index (κ3) is 7.38. The summed E-state index contributed by atoms with van der Waals surface area (Å²) in [7, 11) is -1.68. The Morgan fingerprint density at radius 2 is 1.52 bits per heavy atom. The molecule has 0 aliphatic rings. The van der Waals surface area contributed by atoms with Crippen molar-refractivity contribution >= 4 is 15.8 Å². The van der Waals surface area contributed by atoms with Crippen LogP contribution in [-0.2, 0) is 14.8 Å². The van der Waals surface area contributed by atoms with E-state index in [1.54, 1.807) is 7.05 Å². The summed E-state index contributed by atoms with van der Waals surface area (Å²) in [5.41, 5.74) is -0.457. The molecular formula is C20H41NO3S. The molecule has 0 amide bonds. The van der Waals surface area contributed by atoms with E-state index in [4.69, 9.17) is 0 Å². The van der Waals surface area contributed by atoms with Gasteiger partial charge in [0.05, 0.1) is 6.26 Å². The second kappa shape index (κ2) is 8.98. The molecule has 0 aromatic heterocycles. The van der Waals surface area contributed by atoms with Crippen molar-refractivity contribution < 1.29 is 13.2 Å². The predicted octanol–water partition coefficient (Wildman–Crippen LogP) is 4.74. The summed E-state index contributed by atoms with van der Waals surface area (Å²) >= 11 is 0. The van der Waals surface area contributed by atoms with E-state index in [2.05, 4.69) is 34.6 Å². The summed E-state index contributed by atoms with van der Waals surface area (Å²) in [6.07, 6.45) is 4.39. The Morgan fingerprint density at radius 3 is 1.88 bits per heavy atom. The molecule has 0 N–H and O–H groups in total. The first kappa shape index (κ1) is 24.6. The standard InChI is InChI=1S/C20H41NO3S/c1-11-12-17(14-20(7,8)21(9)25(10,23)24)18(22)16(4)13-19(5,6)15(2)3/h15-17H,11-14H2,1-10H3. The van der Waals surface area contributed by atoms with Crippen molar-refractivity contribution in [3.63, 3.8) is 0 Å².